The van der Waals surface area contributed by atoms with E-state index in [-0.39, 0.29) is 38.9 Å². The van der Waals surface area contributed by atoms with Crippen LogP contribution in [0.3, 0.4) is 0 Å². The molecule has 3 aromatic carbocycles. The first-order valence-corrected chi connectivity index (χ1v) is 15.8. The zero-order valence-electron chi connectivity index (χ0n) is 25.0. The molecule has 0 spiro atoms. The molecule has 1 N–H and O–H groups in total. The van der Waals surface area contributed by atoms with E-state index in [0.29, 0.717) is 43.1 Å². The van der Waals surface area contributed by atoms with Crippen molar-refractivity contribution in [1.29, 1.82) is 0 Å². The Bertz CT molecular complexity index is 2130. The maximum atomic E-state index is 14.4. The van der Waals surface area contributed by atoms with Crippen LogP contribution in [0.15, 0.2) is 90.2 Å². The highest BCUT2D eigenvalue weighted by atomic mass is 32.2. The minimum absolute atomic E-state index is 0.0640. The van der Waals surface area contributed by atoms with E-state index in [1.165, 1.54) is 44.6 Å². The number of hydrogen-bond donors (Lipinski definition) is 1. The molecule has 6 rings (SSSR count). The lowest BCUT2D eigenvalue weighted by molar-refractivity contribution is -0.126. The van der Waals surface area contributed by atoms with Gasteiger partial charge in [-0.15, -0.1) is 0 Å². The summed E-state index contributed by atoms with van der Waals surface area (Å²) in [6.07, 6.45) is 5.63. The van der Waals surface area contributed by atoms with Crippen LogP contribution in [0.25, 0.3) is 32.8 Å². The molecule has 5 aromatic rings. The topological polar surface area (TPSA) is 135 Å². The number of anilines is 2. The highest BCUT2D eigenvalue weighted by molar-refractivity contribution is 7.93. The number of carbonyl (C=O) groups is 2. The van der Waals surface area contributed by atoms with E-state index in [2.05, 4.69) is 24.6 Å². The fraction of sp³-hybridized carbons (Fsp3) is 0.182. The fourth-order valence-corrected chi connectivity index (χ4v) is 6.68. The molecule has 1 fully saturated rings. The molecule has 11 nitrogen and oxygen atoms in total. The van der Waals surface area contributed by atoms with Gasteiger partial charge in [0, 0.05) is 60.2 Å². The number of hydrogen-bond acceptors (Lipinski definition) is 9. The first-order valence-electron chi connectivity index (χ1n) is 14.4. The number of benzene rings is 3. The molecule has 0 atom stereocenters. The molecule has 0 bridgehead atoms. The van der Waals surface area contributed by atoms with Gasteiger partial charge in [0.15, 0.2) is 5.78 Å². The molecule has 1 aliphatic heterocycles. The second kappa shape index (κ2) is 12.5. The van der Waals surface area contributed by atoms with Gasteiger partial charge in [-0.25, -0.2) is 27.8 Å². The first kappa shape index (κ1) is 30.6. The number of nitrogens with one attached hydrogen (secondary N) is 1. The Hall–Kier alpha value is -5.43. The number of nitrogens with zero attached hydrogens (tertiary/aromatic N) is 5. The third-order valence-corrected chi connectivity index (χ3v) is 9.13. The van der Waals surface area contributed by atoms with E-state index in [1.807, 2.05) is 18.2 Å². The molecular formula is C33H29FN6O5S. The van der Waals surface area contributed by atoms with Gasteiger partial charge in [0.05, 0.1) is 17.5 Å². The van der Waals surface area contributed by atoms with E-state index in [9.17, 15) is 22.4 Å². The number of rotatable bonds is 8. The van der Waals surface area contributed by atoms with Gasteiger partial charge < -0.3 is 14.5 Å². The number of pyridine rings is 1. The number of aromatic nitrogens is 3. The van der Waals surface area contributed by atoms with Crippen molar-refractivity contribution in [1.82, 2.24) is 19.9 Å². The molecule has 1 aliphatic rings. The van der Waals surface area contributed by atoms with Crippen molar-refractivity contribution >= 4 is 54.9 Å². The Labute approximate surface area is 264 Å². The minimum atomic E-state index is -4.18. The van der Waals surface area contributed by atoms with Crippen LogP contribution in [0.4, 0.5) is 15.9 Å². The highest BCUT2D eigenvalue weighted by Gasteiger charge is 2.24. The maximum Gasteiger partial charge on any atom is 0.262 e. The second-order valence-electron chi connectivity index (χ2n) is 10.7. The van der Waals surface area contributed by atoms with Gasteiger partial charge in [-0.3, -0.25) is 14.3 Å². The average Bonchev–Trinajstić information content (AvgIpc) is 3.06. The van der Waals surface area contributed by atoms with E-state index < -0.39 is 15.8 Å². The lowest BCUT2D eigenvalue weighted by Gasteiger charge is -2.35. The zero-order valence-corrected chi connectivity index (χ0v) is 25.8. The van der Waals surface area contributed by atoms with Crippen LogP contribution in [0.1, 0.15) is 6.92 Å². The van der Waals surface area contributed by atoms with E-state index in [4.69, 9.17) is 4.74 Å². The summed E-state index contributed by atoms with van der Waals surface area (Å²) < 4.78 is 49.5. The van der Waals surface area contributed by atoms with Crippen molar-refractivity contribution < 1.29 is 27.1 Å². The summed E-state index contributed by atoms with van der Waals surface area (Å²) in [5.74, 6) is -0.158. The highest BCUT2D eigenvalue weighted by Crippen LogP contribution is 2.34. The lowest BCUT2D eigenvalue weighted by Crippen LogP contribution is -2.48. The second-order valence-corrected chi connectivity index (χ2v) is 12.3. The van der Waals surface area contributed by atoms with Gasteiger partial charge in [-0.1, -0.05) is 30.3 Å². The average molecular weight is 641 g/mol. The first-order chi connectivity index (χ1) is 22.1. The molecule has 1 saturated heterocycles. The van der Waals surface area contributed by atoms with Crippen LogP contribution >= 0.6 is 0 Å². The number of sulfonamides is 1. The van der Waals surface area contributed by atoms with Crippen molar-refractivity contribution in [3.63, 3.8) is 0 Å². The van der Waals surface area contributed by atoms with Gasteiger partial charge in [0.1, 0.15) is 23.6 Å². The third kappa shape index (κ3) is 6.09. The van der Waals surface area contributed by atoms with Crippen molar-refractivity contribution in [3.8, 4) is 17.0 Å². The molecule has 0 aliphatic carbocycles. The largest absolute Gasteiger partial charge is 0.480 e. The number of carbonyl (C=O) groups excluding carboxylic acids is 2. The Morgan fingerprint density at radius 3 is 2.39 bits per heavy atom. The standard InChI is InChI=1S/C33H29FN6O5S/c1-21(41)7-12-31(42)39-13-15-40(16-14-39)32-26-17-22(8-10-28(26)36-20-37-32)23-18-29(33(45-2)35-19-23)38-46(43,44)30-11-9-27(34)24-5-3-4-6-25(24)30/h3-12,17-20,38H,13-16H2,1-2H3/b12-7+. The summed E-state index contributed by atoms with van der Waals surface area (Å²) in [5, 5.41) is 1.21. The molecule has 0 saturated carbocycles. The molecule has 2 aromatic heterocycles. The number of fused-ring (bicyclic) bond motifs is 2. The number of halogens is 1. The minimum Gasteiger partial charge on any atom is -0.480 e. The molecule has 13 heteroatoms. The summed E-state index contributed by atoms with van der Waals surface area (Å²) in [6, 6.07) is 16.0. The van der Waals surface area contributed by atoms with Crippen LogP contribution in [-0.4, -0.2) is 73.2 Å². The van der Waals surface area contributed by atoms with Gasteiger partial charge in [0.25, 0.3) is 10.0 Å². The summed E-state index contributed by atoms with van der Waals surface area (Å²) >= 11 is 0. The van der Waals surface area contributed by atoms with E-state index in [0.717, 1.165) is 17.0 Å². The zero-order chi connectivity index (χ0) is 32.4. The molecular weight excluding hydrogens is 611 g/mol. The Morgan fingerprint density at radius 2 is 1.65 bits per heavy atom. The normalized spacial score (nSPS) is 13.8. The van der Waals surface area contributed by atoms with Crippen LogP contribution in [0.2, 0.25) is 0 Å². The molecule has 0 radical (unpaired) electrons. The molecule has 3 heterocycles. The predicted octanol–water partition coefficient (Wildman–Crippen LogP) is 4.59. The number of methoxy groups -OCH3 is 1. The number of allylic oxidation sites excluding steroid dienone is 1. The van der Waals surface area contributed by atoms with Gasteiger partial charge in [-0.2, -0.15) is 0 Å². The summed E-state index contributed by atoms with van der Waals surface area (Å²) in [4.78, 5) is 40.7. The SMILES string of the molecule is COc1ncc(-c2ccc3ncnc(N4CCN(C(=O)/C=C/C(C)=O)CC4)c3c2)cc1NS(=O)(=O)c1ccc(F)c2ccccc12. The lowest BCUT2D eigenvalue weighted by atomic mass is 10.0. The number of amides is 1. The maximum absolute atomic E-state index is 14.4. The molecule has 0 unspecified atom stereocenters. The molecule has 46 heavy (non-hydrogen) atoms. The third-order valence-electron chi connectivity index (χ3n) is 7.71. The smallest absolute Gasteiger partial charge is 0.262 e. The monoisotopic (exact) mass is 640 g/mol. The van der Waals surface area contributed by atoms with E-state index >= 15 is 0 Å². The Kier molecular flexibility index (Phi) is 8.33. The predicted molar refractivity (Wildman–Crippen MR) is 173 cm³/mol. The van der Waals surface area contributed by atoms with Crippen LogP contribution in [0, 0.1) is 5.82 Å². The van der Waals surface area contributed by atoms with Gasteiger partial charge >= 0.3 is 0 Å². The summed E-state index contributed by atoms with van der Waals surface area (Å²) in [6.45, 7) is 3.38. The van der Waals surface area contributed by atoms with Crippen LogP contribution < -0.4 is 14.4 Å². The van der Waals surface area contributed by atoms with Crippen molar-refractivity contribution in [2.45, 2.75) is 11.8 Å². The van der Waals surface area contributed by atoms with Crippen LogP contribution in [0.5, 0.6) is 5.88 Å². The van der Waals surface area contributed by atoms with Crippen molar-refractivity contribution in [3.05, 3.63) is 91.2 Å². The summed E-state index contributed by atoms with van der Waals surface area (Å²) in [5.41, 5.74) is 2.15. The van der Waals surface area contributed by atoms with Gasteiger partial charge in [-0.05, 0) is 48.9 Å². The van der Waals surface area contributed by atoms with Crippen LogP contribution in [-0.2, 0) is 19.6 Å². The van der Waals surface area contributed by atoms with E-state index in [1.54, 1.807) is 35.4 Å². The number of piperazine rings is 1. The van der Waals surface area contributed by atoms with Gasteiger partial charge in [0.2, 0.25) is 11.8 Å². The van der Waals surface area contributed by atoms with Crippen molar-refractivity contribution in [2.75, 3.05) is 42.9 Å². The summed E-state index contributed by atoms with van der Waals surface area (Å²) in [7, 11) is -2.79. The Balaban J connectivity index is 1.30. The Morgan fingerprint density at radius 1 is 0.891 bits per heavy atom. The number of ether oxygens (including phenoxy) is 1. The quantitative estimate of drug-likeness (QED) is 0.242. The van der Waals surface area contributed by atoms with Crippen molar-refractivity contribution in [2.24, 2.45) is 0 Å². The molecule has 1 amide bonds. The molecule has 234 valence electrons. The fourth-order valence-electron chi connectivity index (χ4n) is 5.42. The number of ketones is 1.